The Hall–Kier alpha value is -3.45. The van der Waals surface area contributed by atoms with E-state index in [2.05, 4.69) is 11.4 Å². The first kappa shape index (κ1) is 20.5. The third-order valence-corrected chi connectivity index (χ3v) is 7.23. The van der Waals surface area contributed by atoms with E-state index < -0.39 is 5.69 Å². The van der Waals surface area contributed by atoms with Gasteiger partial charge in [-0.3, -0.25) is 14.2 Å². The number of rotatable bonds is 4. The topological polar surface area (TPSA) is 73.1 Å². The number of amides is 1. The van der Waals surface area contributed by atoms with Gasteiger partial charge in [-0.05, 0) is 66.5 Å². The second-order valence-electron chi connectivity index (χ2n) is 8.22. The first-order chi connectivity index (χ1) is 15.5. The number of nitrogens with one attached hydrogen (secondary N) is 1. The Bertz CT molecular complexity index is 1480. The van der Waals surface area contributed by atoms with Crippen molar-refractivity contribution in [3.8, 4) is 5.69 Å². The molecule has 0 saturated heterocycles. The van der Waals surface area contributed by atoms with E-state index in [1.165, 1.54) is 26.0 Å². The fourth-order valence-corrected chi connectivity index (χ4v) is 5.35. The first-order valence-electron chi connectivity index (χ1n) is 10.6. The molecule has 1 aliphatic rings. The van der Waals surface area contributed by atoms with E-state index in [1.807, 2.05) is 44.2 Å². The van der Waals surface area contributed by atoms with E-state index in [0.717, 1.165) is 29.5 Å². The molecule has 0 saturated carbocycles. The molecule has 5 rings (SSSR count). The molecule has 1 N–H and O–H groups in total. The molecule has 0 unspecified atom stereocenters. The van der Waals surface area contributed by atoms with Crippen molar-refractivity contribution >= 4 is 27.5 Å². The van der Waals surface area contributed by atoms with Gasteiger partial charge in [0.1, 0.15) is 11.2 Å². The van der Waals surface area contributed by atoms with Crippen molar-refractivity contribution in [3.05, 3.63) is 97.0 Å². The van der Waals surface area contributed by atoms with E-state index in [1.54, 1.807) is 17.5 Å². The van der Waals surface area contributed by atoms with Crippen LogP contribution in [0.2, 0.25) is 0 Å². The summed E-state index contributed by atoms with van der Waals surface area (Å²) in [6.45, 7) is 3.69. The molecule has 0 bridgehead atoms. The van der Waals surface area contributed by atoms with Crippen molar-refractivity contribution in [1.82, 2.24) is 14.5 Å². The SMILES string of the molecule is Cc1cccc(-n2c(=O)c3sccc3n(CC(=O)N[C@@H]3CCc4ccccc43)c2=O)c1C. The maximum atomic E-state index is 13.5. The Morgan fingerprint density at radius 2 is 1.91 bits per heavy atom. The predicted molar refractivity (Wildman–Crippen MR) is 127 cm³/mol. The van der Waals surface area contributed by atoms with Crippen molar-refractivity contribution in [3.63, 3.8) is 0 Å². The molecule has 1 aliphatic carbocycles. The molecule has 0 radical (unpaired) electrons. The number of nitrogens with zero attached hydrogens (tertiary/aromatic N) is 2. The predicted octanol–water partition coefficient (Wildman–Crippen LogP) is 3.63. The highest BCUT2D eigenvalue weighted by molar-refractivity contribution is 7.17. The van der Waals surface area contributed by atoms with Crippen LogP contribution in [0.25, 0.3) is 15.9 Å². The number of thiophene rings is 1. The first-order valence-corrected chi connectivity index (χ1v) is 11.5. The molecule has 0 aliphatic heterocycles. The van der Waals surface area contributed by atoms with Crippen LogP contribution in [-0.4, -0.2) is 15.0 Å². The zero-order chi connectivity index (χ0) is 22.4. The van der Waals surface area contributed by atoms with Gasteiger partial charge in [0, 0.05) is 0 Å². The van der Waals surface area contributed by atoms with Crippen LogP contribution in [0, 0.1) is 13.8 Å². The largest absolute Gasteiger partial charge is 0.348 e. The summed E-state index contributed by atoms with van der Waals surface area (Å²) < 4.78 is 3.06. The van der Waals surface area contributed by atoms with Gasteiger partial charge in [-0.1, -0.05) is 36.4 Å². The zero-order valence-corrected chi connectivity index (χ0v) is 18.7. The minimum atomic E-state index is -0.503. The van der Waals surface area contributed by atoms with Gasteiger partial charge in [0.05, 0.1) is 17.2 Å². The van der Waals surface area contributed by atoms with E-state index in [4.69, 9.17) is 0 Å². The van der Waals surface area contributed by atoms with Crippen LogP contribution in [0.1, 0.15) is 34.7 Å². The number of hydrogen-bond donors (Lipinski definition) is 1. The lowest BCUT2D eigenvalue weighted by Gasteiger charge is -2.17. The van der Waals surface area contributed by atoms with Gasteiger partial charge in [-0.15, -0.1) is 11.3 Å². The average molecular weight is 446 g/mol. The smallest absolute Gasteiger partial charge is 0.336 e. The maximum Gasteiger partial charge on any atom is 0.336 e. The molecule has 2 aromatic heterocycles. The normalized spacial score (nSPS) is 15.1. The lowest BCUT2D eigenvalue weighted by Crippen LogP contribution is -2.42. The molecule has 1 amide bonds. The number of carbonyl (C=O) groups excluding carboxylic acids is 1. The Balaban J connectivity index is 1.56. The van der Waals surface area contributed by atoms with Crippen molar-refractivity contribution in [1.29, 1.82) is 0 Å². The Morgan fingerprint density at radius 3 is 2.75 bits per heavy atom. The van der Waals surface area contributed by atoms with Gasteiger partial charge in [0.2, 0.25) is 5.91 Å². The quantitative estimate of drug-likeness (QED) is 0.521. The van der Waals surface area contributed by atoms with Gasteiger partial charge in [0.15, 0.2) is 0 Å². The molecule has 2 heterocycles. The molecule has 4 aromatic rings. The van der Waals surface area contributed by atoms with Crippen LogP contribution in [0.15, 0.2) is 63.5 Å². The number of aryl methyl sites for hydroxylation is 2. The molecule has 2 aromatic carbocycles. The molecule has 0 spiro atoms. The summed E-state index contributed by atoms with van der Waals surface area (Å²) in [6.07, 6.45) is 1.77. The summed E-state index contributed by atoms with van der Waals surface area (Å²) in [4.78, 5) is 39.7. The number of aromatic nitrogens is 2. The monoisotopic (exact) mass is 445 g/mol. The third-order valence-electron chi connectivity index (χ3n) is 6.34. The van der Waals surface area contributed by atoms with Crippen LogP contribution in [-0.2, 0) is 17.8 Å². The molecule has 162 valence electrons. The fraction of sp³-hybridized carbons (Fsp3) is 0.240. The van der Waals surface area contributed by atoms with E-state index in [0.29, 0.717) is 15.9 Å². The number of benzene rings is 2. The van der Waals surface area contributed by atoms with Crippen LogP contribution >= 0.6 is 11.3 Å². The molecular weight excluding hydrogens is 422 g/mol. The molecule has 6 nitrogen and oxygen atoms in total. The van der Waals surface area contributed by atoms with Crippen molar-refractivity contribution < 1.29 is 4.79 Å². The second kappa shape index (κ2) is 7.91. The van der Waals surface area contributed by atoms with Gasteiger partial charge in [-0.2, -0.15) is 0 Å². The van der Waals surface area contributed by atoms with Crippen molar-refractivity contribution in [2.45, 2.75) is 39.3 Å². The van der Waals surface area contributed by atoms with Crippen molar-refractivity contribution in [2.75, 3.05) is 0 Å². The summed E-state index contributed by atoms with van der Waals surface area (Å²) in [5.41, 5.74) is 4.42. The average Bonchev–Trinajstić information content (AvgIpc) is 3.42. The highest BCUT2D eigenvalue weighted by Gasteiger charge is 2.24. The Kier molecular flexibility index (Phi) is 5.06. The van der Waals surface area contributed by atoms with Crippen LogP contribution < -0.4 is 16.6 Å². The van der Waals surface area contributed by atoms with E-state index >= 15 is 0 Å². The zero-order valence-electron chi connectivity index (χ0n) is 17.9. The van der Waals surface area contributed by atoms with Gasteiger partial charge >= 0.3 is 5.69 Å². The summed E-state index contributed by atoms with van der Waals surface area (Å²) in [5.74, 6) is -0.243. The van der Waals surface area contributed by atoms with E-state index in [9.17, 15) is 14.4 Å². The van der Waals surface area contributed by atoms with Crippen LogP contribution in [0.5, 0.6) is 0 Å². The number of carbonyl (C=O) groups is 1. The maximum absolute atomic E-state index is 13.5. The second-order valence-corrected chi connectivity index (χ2v) is 9.14. The van der Waals surface area contributed by atoms with Crippen LogP contribution in [0.3, 0.4) is 0 Å². The van der Waals surface area contributed by atoms with Gasteiger partial charge in [0.25, 0.3) is 5.56 Å². The summed E-state index contributed by atoms with van der Waals surface area (Å²) in [5, 5.41) is 4.86. The minimum Gasteiger partial charge on any atom is -0.348 e. The summed E-state index contributed by atoms with van der Waals surface area (Å²) in [6, 6.07) is 15.3. The van der Waals surface area contributed by atoms with E-state index in [-0.39, 0.29) is 24.1 Å². The molecule has 32 heavy (non-hydrogen) atoms. The van der Waals surface area contributed by atoms with Crippen molar-refractivity contribution in [2.24, 2.45) is 0 Å². The number of hydrogen-bond acceptors (Lipinski definition) is 4. The highest BCUT2D eigenvalue weighted by Crippen LogP contribution is 2.30. The third kappa shape index (κ3) is 3.29. The highest BCUT2D eigenvalue weighted by atomic mass is 32.1. The Labute approximate surface area is 188 Å². The molecule has 1 atom stereocenters. The standard InChI is InChI=1S/C25H23N3O3S/c1-15-6-5-9-20(16(15)2)28-24(30)23-21(12-13-32-23)27(25(28)31)14-22(29)26-19-11-10-17-7-3-4-8-18(17)19/h3-9,12-13,19H,10-11,14H2,1-2H3,(H,26,29)/t19-/m1/s1. The minimum absolute atomic E-state index is 0.0581. The van der Waals surface area contributed by atoms with Crippen LogP contribution in [0.4, 0.5) is 0 Å². The fourth-order valence-electron chi connectivity index (χ4n) is 4.52. The number of fused-ring (bicyclic) bond motifs is 2. The van der Waals surface area contributed by atoms with Gasteiger partial charge in [-0.25, -0.2) is 9.36 Å². The van der Waals surface area contributed by atoms with Gasteiger partial charge < -0.3 is 5.32 Å². The lowest BCUT2D eigenvalue weighted by molar-refractivity contribution is -0.122. The molecular formula is C25H23N3O3S. The molecule has 0 fully saturated rings. The summed E-state index contributed by atoms with van der Waals surface area (Å²) >= 11 is 1.28. The molecule has 7 heteroatoms. The summed E-state index contributed by atoms with van der Waals surface area (Å²) in [7, 11) is 0. The Morgan fingerprint density at radius 1 is 1.09 bits per heavy atom. The lowest BCUT2D eigenvalue weighted by atomic mass is 10.1.